The van der Waals surface area contributed by atoms with Crippen LogP contribution in [-0.2, 0) is 0 Å². The Kier molecular flexibility index (Phi) is 2.71. The van der Waals surface area contributed by atoms with Gasteiger partial charge in [0.2, 0.25) is 0 Å². The zero-order valence-electron chi connectivity index (χ0n) is 8.41. The Labute approximate surface area is 94.9 Å². The Morgan fingerprint density at radius 2 is 2.00 bits per heavy atom. The molecule has 5 heteroatoms. The molecule has 1 heterocycles. The maximum atomic E-state index is 13.3. The average molecular weight is 233 g/mol. The van der Waals surface area contributed by atoms with Gasteiger partial charge in [0.15, 0.2) is 23.7 Å². The van der Waals surface area contributed by atoms with Crippen LogP contribution < -0.4 is 0 Å². The van der Waals surface area contributed by atoms with E-state index in [-0.39, 0.29) is 17.1 Å². The van der Waals surface area contributed by atoms with Crippen molar-refractivity contribution in [3.8, 4) is 17.4 Å². The SMILES string of the molecule is N#Cc1c(-c2ccc(C=O)o2)ccc(F)c1F. The van der Waals surface area contributed by atoms with Crippen molar-refractivity contribution in [1.82, 2.24) is 0 Å². The van der Waals surface area contributed by atoms with Crippen molar-refractivity contribution in [1.29, 1.82) is 5.26 Å². The monoisotopic (exact) mass is 233 g/mol. The minimum absolute atomic E-state index is 0.0497. The quantitative estimate of drug-likeness (QED) is 0.749. The molecule has 0 amide bonds. The molecule has 0 unspecified atom stereocenters. The van der Waals surface area contributed by atoms with E-state index in [1.807, 2.05) is 0 Å². The van der Waals surface area contributed by atoms with Gasteiger partial charge in [0, 0.05) is 5.56 Å². The van der Waals surface area contributed by atoms with Crippen LogP contribution in [0.15, 0.2) is 28.7 Å². The van der Waals surface area contributed by atoms with E-state index < -0.39 is 17.2 Å². The lowest BCUT2D eigenvalue weighted by Crippen LogP contribution is -1.93. The van der Waals surface area contributed by atoms with E-state index in [0.717, 1.165) is 6.07 Å². The highest BCUT2D eigenvalue weighted by atomic mass is 19.2. The summed E-state index contributed by atoms with van der Waals surface area (Å²) in [5.74, 6) is -2.14. The number of aldehydes is 1. The van der Waals surface area contributed by atoms with Gasteiger partial charge < -0.3 is 4.42 Å². The number of nitriles is 1. The first-order valence-corrected chi connectivity index (χ1v) is 4.61. The molecule has 84 valence electrons. The molecule has 0 N–H and O–H groups in total. The minimum Gasteiger partial charge on any atom is -0.453 e. The summed E-state index contributed by atoms with van der Waals surface area (Å²) < 4.78 is 31.3. The van der Waals surface area contributed by atoms with E-state index in [1.54, 1.807) is 6.07 Å². The molecule has 3 nitrogen and oxygen atoms in total. The molecule has 0 aliphatic heterocycles. The first-order chi connectivity index (χ1) is 8.17. The van der Waals surface area contributed by atoms with Gasteiger partial charge in [0.25, 0.3) is 0 Å². The van der Waals surface area contributed by atoms with Crippen LogP contribution in [0.5, 0.6) is 0 Å². The number of nitrogens with zero attached hydrogens (tertiary/aromatic N) is 1. The molecular formula is C12H5F2NO2. The summed E-state index contributed by atoms with van der Waals surface area (Å²) in [4.78, 5) is 10.4. The number of carbonyl (C=O) groups excluding carboxylic acids is 1. The summed E-state index contributed by atoms with van der Waals surface area (Å²) in [6.07, 6.45) is 0.482. The van der Waals surface area contributed by atoms with Crippen LogP contribution in [0, 0.1) is 23.0 Å². The van der Waals surface area contributed by atoms with Gasteiger partial charge in [-0.2, -0.15) is 5.26 Å². The first-order valence-electron chi connectivity index (χ1n) is 4.61. The predicted octanol–water partition coefficient (Wildman–Crippen LogP) is 2.91. The van der Waals surface area contributed by atoms with Crippen molar-refractivity contribution in [2.24, 2.45) is 0 Å². The van der Waals surface area contributed by atoms with E-state index in [4.69, 9.17) is 9.68 Å². The van der Waals surface area contributed by atoms with Crippen molar-refractivity contribution in [2.75, 3.05) is 0 Å². The summed E-state index contributed by atoms with van der Waals surface area (Å²) in [6, 6.07) is 6.48. The van der Waals surface area contributed by atoms with Crippen LogP contribution in [0.3, 0.4) is 0 Å². The molecule has 0 fully saturated rings. The average Bonchev–Trinajstić information content (AvgIpc) is 2.81. The lowest BCUT2D eigenvalue weighted by Gasteiger charge is -2.02. The van der Waals surface area contributed by atoms with Crippen molar-refractivity contribution in [3.63, 3.8) is 0 Å². The summed E-state index contributed by atoms with van der Waals surface area (Å²) in [6.45, 7) is 0. The van der Waals surface area contributed by atoms with Crippen LogP contribution in [0.4, 0.5) is 8.78 Å². The van der Waals surface area contributed by atoms with E-state index in [1.165, 1.54) is 18.2 Å². The molecule has 0 bridgehead atoms. The van der Waals surface area contributed by atoms with Gasteiger partial charge in [-0.05, 0) is 24.3 Å². The molecule has 0 aliphatic carbocycles. The van der Waals surface area contributed by atoms with E-state index in [0.29, 0.717) is 6.29 Å². The Balaban J connectivity index is 2.64. The van der Waals surface area contributed by atoms with Crippen LogP contribution in [0.1, 0.15) is 16.1 Å². The van der Waals surface area contributed by atoms with Gasteiger partial charge in [-0.25, -0.2) is 8.78 Å². The lowest BCUT2D eigenvalue weighted by molar-refractivity contribution is 0.110. The predicted molar refractivity (Wildman–Crippen MR) is 54.2 cm³/mol. The molecule has 2 rings (SSSR count). The Morgan fingerprint density at radius 3 is 2.59 bits per heavy atom. The van der Waals surface area contributed by atoms with Crippen LogP contribution in [0.2, 0.25) is 0 Å². The largest absolute Gasteiger partial charge is 0.453 e. The summed E-state index contributed by atoms with van der Waals surface area (Å²) in [5.41, 5.74) is -0.337. The molecule has 1 aromatic heterocycles. The maximum absolute atomic E-state index is 13.3. The molecular weight excluding hydrogens is 228 g/mol. The first kappa shape index (κ1) is 11.0. The van der Waals surface area contributed by atoms with Crippen LogP contribution >= 0.6 is 0 Å². The van der Waals surface area contributed by atoms with E-state index in [9.17, 15) is 13.6 Å². The van der Waals surface area contributed by atoms with Crippen molar-refractivity contribution in [3.05, 3.63) is 47.2 Å². The van der Waals surface area contributed by atoms with Crippen LogP contribution in [-0.4, -0.2) is 6.29 Å². The number of hydrogen-bond acceptors (Lipinski definition) is 3. The minimum atomic E-state index is -1.23. The van der Waals surface area contributed by atoms with Gasteiger partial charge in [-0.15, -0.1) is 0 Å². The number of halogens is 2. The van der Waals surface area contributed by atoms with Gasteiger partial charge in [-0.3, -0.25) is 4.79 Å². The molecule has 0 aliphatic rings. The van der Waals surface area contributed by atoms with Crippen molar-refractivity contribution >= 4 is 6.29 Å². The molecule has 17 heavy (non-hydrogen) atoms. The number of furan rings is 1. The van der Waals surface area contributed by atoms with Gasteiger partial charge in [0.05, 0.1) is 0 Å². The van der Waals surface area contributed by atoms with Gasteiger partial charge in [0.1, 0.15) is 17.4 Å². The molecule has 0 spiro atoms. The molecule has 0 atom stereocenters. The zero-order valence-corrected chi connectivity index (χ0v) is 8.41. The summed E-state index contributed by atoms with van der Waals surface area (Å²) >= 11 is 0. The smallest absolute Gasteiger partial charge is 0.185 e. The van der Waals surface area contributed by atoms with Gasteiger partial charge >= 0.3 is 0 Å². The number of benzene rings is 1. The molecule has 0 saturated heterocycles. The second-order valence-corrected chi connectivity index (χ2v) is 3.22. The molecule has 0 saturated carbocycles. The molecule has 2 aromatic rings. The topological polar surface area (TPSA) is 54.0 Å². The fraction of sp³-hybridized carbons (Fsp3) is 0. The maximum Gasteiger partial charge on any atom is 0.185 e. The second kappa shape index (κ2) is 4.18. The van der Waals surface area contributed by atoms with Crippen molar-refractivity contribution < 1.29 is 18.0 Å². The Morgan fingerprint density at radius 1 is 1.24 bits per heavy atom. The Hall–Kier alpha value is -2.48. The number of carbonyl (C=O) groups is 1. The molecule has 1 aromatic carbocycles. The zero-order chi connectivity index (χ0) is 12.4. The summed E-state index contributed by atoms with van der Waals surface area (Å²) in [5, 5.41) is 8.78. The lowest BCUT2D eigenvalue weighted by atomic mass is 10.1. The third-order valence-corrected chi connectivity index (χ3v) is 2.22. The van der Waals surface area contributed by atoms with Gasteiger partial charge in [-0.1, -0.05) is 0 Å². The highest BCUT2D eigenvalue weighted by molar-refractivity contribution is 5.74. The highest BCUT2D eigenvalue weighted by Gasteiger charge is 2.16. The third-order valence-electron chi connectivity index (χ3n) is 2.22. The number of hydrogen-bond donors (Lipinski definition) is 0. The highest BCUT2D eigenvalue weighted by Crippen LogP contribution is 2.27. The van der Waals surface area contributed by atoms with E-state index >= 15 is 0 Å². The van der Waals surface area contributed by atoms with Crippen LogP contribution in [0.25, 0.3) is 11.3 Å². The Bertz CT molecular complexity index is 626. The standard InChI is InChI=1S/C12H5F2NO2/c13-10-3-2-8(9(5-15)12(10)14)11-4-1-7(6-16)17-11/h1-4,6H. The van der Waals surface area contributed by atoms with E-state index in [2.05, 4.69) is 0 Å². The normalized spacial score (nSPS) is 9.94. The van der Waals surface area contributed by atoms with Crippen molar-refractivity contribution in [2.45, 2.75) is 0 Å². The fourth-order valence-corrected chi connectivity index (χ4v) is 1.43. The second-order valence-electron chi connectivity index (χ2n) is 3.22. The third kappa shape index (κ3) is 1.81. The fourth-order valence-electron chi connectivity index (χ4n) is 1.43. The number of rotatable bonds is 2. The summed E-state index contributed by atoms with van der Waals surface area (Å²) in [7, 11) is 0. The molecule has 0 radical (unpaired) electrons.